The van der Waals surface area contributed by atoms with Crippen LogP contribution in [0.15, 0.2) is 60.2 Å². The Morgan fingerprint density at radius 1 is 1.17 bits per heavy atom. The first-order valence-corrected chi connectivity index (χ1v) is 10.1. The number of esters is 1. The summed E-state index contributed by atoms with van der Waals surface area (Å²) < 4.78 is 6.97. The standard InChI is InChI=1S/C21H16ClN3O3S/c1-2-28-21(27)18-14(13-7-3-4-8-15(13)22)12-29-20(18)24-19(26)16-11-25-10-6-5-9-17(25)23-16/h3-12H,2H2,1H3,(H,24,26). The van der Waals surface area contributed by atoms with Gasteiger partial charge in [-0.1, -0.05) is 35.9 Å². The van der Waals surface area contributed by atoms with Crippen LogP contribution in [0.5, 0.6) is 0 Å². The molecule has 0 aliphatic rings. The Kier molecular flexibility index (Phi) is 5.33. The van der Waals surface area contributed by atoms with E-state index in [0.29, 0.717) is 26.8 Å². The molecule has 0 spiro atoms. The summed E-state index contributed by atoms with van der Waals surface area (Å²) in [6.07, 6.45) is 3.45. The van der Waals surface area contributed by atoms with Crippen LogP contribution in [0.3, 0.4) is 0 Å². The molecule has 4 aromatic rings. The van der Waals surface area contributed by atoms with E-state index in [-0.39, 0.29) is 17.9 Å². The Bertz CT molecular complexity index is 1180. The number of rotatable bonds is 5. The van der Waals surface area contributed by atoms with Crippen LogP contribution < -0.4 is 5.32 Å². The van der Waals surface area contributed by atoms with Crippen LogP contribution in [-0.4, -0.2) is 27.9 Å². The number of ether oxygens (including phenoxy) is 1. The van der Waals surface area contributed by atoms with Crippen molar-refractivity contribution in [3.05, 3.63) is 76.5 Å². The van der Waals surface area contributed by atoms with Crippen LogP contribution in [-0.2, 0) is 4.74 Å². The molecule has 0 fully saturated rings. The second kappa shape index (κ2) is 8.06. The molecule has 0 unspecified atom stereocenters. The molecule has 6 nitrogen and oxygen atoms in total. The number of imidazole rings is 1. The normalized spacial score (nSPS) is 10.8. The third-order valence-electron chi connectivity index (χ3n) is 4.26. The second-order valence-corrected chi connectivity index (χ2v) is 7.39. The fourth-order valence-corrected chi connectivity index (χ4v) is 4.13. The fourth-order valence-electron chi connectivity index (χ4n) is 2.94. The lowest BCUT2D eigenvalue weighted by Gasteiger charge is -2.09. The number of thiophene rings is 1. The molecular formula is C21H16ClN3O3S. The molecule has 0 saturated carbocycles. The molecule has 29 heavy (non-hydrogen) atoms. The van der Waals surface area contributed by atoms with Crippen LogP contribution in [0.4, 0.5) is 5.00 Å². The van der Waals surface area contributed by atoms with E-state index in [0.717, 1.165) is 0 Å². The van der Waals surface area contributed by atoms with Crippen molar-refractivity contribution in [1.29, 1.82) is 0 Å². The highest BCUT2D eigenvalue weighted by Gasteiger charge is 2.24. The van der Waals surface area contributed by atoms with Gasteiger partial charge in [-0.15, -0.1) is 11.3 Å². The van der Waals surface area contributed by atoms with Gasteiger partial charge in [-0.05, 0) is 25.1 Å². The predicted molar refractivity (Wildman–Crippen MR) is 114 cm³/mol. The molecular weight excluding hydrogens is 410 g/mol. The summed E-state index contributed by atoms with van der Waals surface area (Å²) in [6, 6.07) is 12.7. The second-order valence-electron chi connectivity index (χ2n) is 6.10. The number of carbonyl (C=O) groups excluding carboxylic acids is 2. The molecule has 0 aliphatic heterocycles. The molecule has 3 aromatic heterocycles. The van der Waals surface area contributed by atoms with Gasteiger partial charge in [0.1, 0.15) is 21.9 Å². The average molecular weight is 426 g/mol. The summed E-state index contributed by atoms with van der Waals surface area (Å²) in [7, 11) is 0. The number of hydrogen-bond acceptors (Lipinski definition) is 5. The minimum Gasteiger partial charge on any atom is -0.462 e. The number of carbonyl (C=O) groups is 2. The van der Waals surface area contributed by atoms with E-state index in [4.69, 9.17) is 16.3 Å². The highest BCUT2D eigenvalue weighted by Crippen LogP contribution is 2.39. The molecule has 0 bridgehead atoms. The third kappa shape index (κ3) is 3.74. The zero-order chi connectivity index (χ0) is 20.4. The van der Waals surface area contributed by atoms with Crippen molar-refractivity contribution >= 4 is 45.5 Å². The zero-order valence-corrected chi connectivity index (χ0v) is 17.0. The molecule has 8 heteroatoms. The lowest BCUT2D eigenvalue weighted by atomic mass is 10.0. The van der Waals surface area contributed by atoms with E-state index in [2.05, 4.69) is 10.3 Å². The number of nitrogens with zero attached hydrogens (tertiary/aromatic N) is 2. The molecule has 1 amide bonds. The van der Waals surface area contributed by atoms with Crippen molar-refractivity contribution in [2.45, 2.75) is 6.92 Å². The first-order chi connectivity index (χ1) is 14.1. The topological polar surface area (TPSA) is 72.7 Å². The lowest BCUT2D eigenvalue weighted by molar-refractivity contribution is 0.0529. The minimum atomic E-state index is -0.519. The van der Waals surface area contributed by atoms with Crippen LogP contribution in [0, 0.1) is 0 Å². The first kappa shape index (κ1) is 19.2. The molecule has 3 heterocycles. The smallest absolute Gasteiger partial charge is 0.341 e. The van der Waals surface area contributed by atoms with Crippen LogP contribution in [0.25, 0.3) is 16.8 Å². The van der Waals surface area contributed by atoms with Crippen molar-refractivity contribution in [1.82, 2.24) is 9.38 Å². The Morgan fingerprint density at radius 2 is 1.97 bits per heavy atom. The zero-order valence-electron chi connectivity index (χ0n) is 15.4. The van der Waals surface area contributed by atoms with Gasteiger partial charge >= 0.3 is 5.97 Å². The number of aromatic nitrogens is 2. The van der Waals surface area contributed by atoms with Crippen LogP contribution in [0.1, 0.15) is 27.8 Å². The quantitative estimate of drug-likeness (QED) is 0.449. The maximum atomic E-state index is 12.8. The summed E-state index contributed by atoms with van der Waals surface area (Å²) in [4.78, 5) is 29.7. The minimum absolute atomic E-state index is 0.219. The summed E-state index contributed by atoms with van der Waals surface area (Å²) in [5.41, 5.74) is 2.50. The number of benzene rings is 1. The number of amides is 1. The Labute approximate surface area is 175 Å². The van der Waals surface area contributed by atoms with E-state index in [1.807, 2.05) is 42.6 Å². The van der Waals surface area contributed by atoms with E-state index in [1.54, 1.807) is 29.0 Å². The SMILES string of the molecule is CCOC(=O)c1c(-c2ccccc2Cl)csc1NC(=O)c1cn2ccccc2n1. The monoisotopic (exact) mass is 425 g/mol. The molecule has 0 aliphatic carbocycles. The maximum Gasteiger partial charge on any atom is 0.341 e. The summed E-state index contributed by atoms with van der Waals surface area (Å²) in [6.45, 7) is 1.95. The van der Waals surface area contributed by atoms with Crippen molar-refractivity contribution < 1.29 is 14.3 Å². The van der Waals surface area contributed by atoms with Crippen molar-refractivity contribution in [3.8, 4) is 11.1 Å². The van der Waals surface area contributed by atoms with Gasteiger partial charge in [0.15, 0.2) is 0 Å². The van der Waals surface area contributed by atoms with Crippen molar-refractivity contribution in [2.75, 3.05) is 11.9 Å². The Balaban J connectivity index is 1.72. The number of fused-ring (bicyclic) bond motifs is 1. The van der Waals surface area contributed by atoms with E-state index in [1.165, 1.54) is 11.3 Å². The molecule has 0 radical (unpaired) electrons. The number of anilines is 1. The van der Waals surface area contributed by atoms with Crippen LogP contribution in [0.2, 0.25) is 5.02 Å². The van der Waals surface area contributed by atoms with Gasteiger partial charge in [0.05, 0.1) is 6.61 Å². The fraction of sp³-hybridized carbons (Fsp3) is 0.0952. The van der Waals surface area contributed by atoms with E-state index >= 15 is 0 Å². The summed E-state index contributed by atoms with van der Waals surface area (Å²) in [5.74, 6) is -0.930. The number of hydrogen-bond donors (Lipinski definition) is 1. The van der Waals surface area contributed by atoms with Crippen molar-refractivity contribution in [2.24, 2.45) is 0 Å². The predicted octanol–water partition coefficient (Wildman–Crippen LogP) is 5.15. The van der Waals surface area contributed by atoms with Crippen molar-refractivity contribution in [3.63, 3.8) is 0 Å². The van der Waals surface area contributed by atoms with E-state index < -0.39 is 11.9 Å². The summed E-state index contributed by atoms with van der Waals surface area (Å²) in [5, 5.41) is 5.48. The molecule has 1 N–H and O–H groups in total. The first-order valence-electron chi connectivity index (χ1n) is 8.87. The van der Waals surface area contributed by atoms with Gasteiger partial charge in [-0.2, -0.15) is 0 Å². The molecule has 0 saturated heterocycles. The molecule has 0 atom stereocenters. The number of halogens is 1. The lowest BCUT2D eigenvalue weighted by Crippen LogP contribution is -2.15. The van der Waals surface area contributed by atoms with Crippen LogP contribution >= 0.6 is 22.9 Å². The van der Waals surface area contributed by atoms with Gasteiger partial charge in [0, 0.05) is 33.9 Å². The highest BCUT2D eigenvalue weighted by molar-refractivity contribution is 7.15. The van der Waals surface area contributed by atoms with Gasteiger partial charge in [-0.3, -0.25) is 4.79 Å². The highest BCUT2D eigenvalue weighted by atomic mass is 35.5. The van der Waals surface area contributed by atoms with Gasteiger partial charge in [0.2, 0.25) is 0 Å². The summed E-state index contributed by atoms with van der Waals surface area (Å²) >= 11 is 7.56. The average Bonchev–Trinajstić information content (AvgIpc) is 3.33. The maximum absolute atomic E-state index is 12.8. The van der Waals surface area contributed by atoms with Gasteiger partial charge in [0.25, 0.3) is 5.91 Å². The Hall–Kier alpha value is -3.16. The molecule has 146 valence electrons. The van der Waals surface area contributed by atoms with Gasteiger partial charge < -0.3 is 14.5 Å². The third-order valence-corrected chi connectivity index (χ3v) is 5.48. The number of pyridine rings is 1. The molecule has 4 rings (SSSR count). The van der Waals surface area contributed by atoms with E-state index in [9.17, 15) is 9.59 Å². The van der Waals surface area contributed by atoms with Gasteiger partial charge in [-0.25, -0.2) is 9.78 Å². The number of nitrogens with one attached hydrogen (secondary N) is 1. The largest absolute Gasteiger partial charge is 0.462 e. The molecule has 1 aromatic carbocycles. The Morgan fingerprint density at radius 3 is 2.72 bits per heavy atom.